The van der Waals surface area contributed by atoms with E-state index < -0.39 is 11.9 Å². The largest absolute Gasteiger partial charge is 0.481 e. The SMILES string of the molecule is C[C@@H]1CN(C(=O)N2CCC(C(N)=O)CC2)C[C@H]1C(=O)O. The Balaban J connectivity index is 1.90. The number of likely N-dealkylation sites (tertiary alicyclic amines) is 2. The summed E-state index contributed by atoms with van der Waals surface area (Å²) >= 11 is 0. The Bertz CT molecular complexity index is 418. The number of primary amides is 1. The molecular weight excluding hydrogens is 262 g/mol. The topological polar surface area (TPSA) is 104 Å². The van der Waals surface area contributed by atoms with Gasteiger partial charge in [0.15, 0.2) is 0 Å². The van der Waals surface area contributed by atoms with Crippen molar-refractivity contribution in [3.63, 3.8) is 0 Å². The summed E-state index contributed by atoms with van der Waals surface area (Å²) in [5, 5.41) is 9.09. The number of carboxylic acid groups (broad SMARTS) is 1. The van der Waals surface area contributed by atoms with E-state index in [0.29, 0.717) is 32.5 Å². The molecule has 0 spiro atoms. The third-order valence-electron chi connectivity index (χ3n) is 4.37. The van der Waals surface area contributed by atoms with Crippen molar-refractivity contribution in [2.45, 2.75) is 19.8 Å². The van der Waals surface area contributed by atoms with E-state index in [-0.39, 0.29) is 30.3 Å². The van der Waals surface area contributed by atoms with Crippen LogP contribution >= 0.6 is 0 Å². The smallest absolute Gasteiger partial charge is 0.320 e. The van der Waals surface area contributed by atoms with Crippen LogP contribution in [0, 0.1) is 17.8 Å². The first-order chi connectivity index (χ1) is 9.40. The monoisotopic (exact) mass is 283 g/mol. The molecule has 0 aromatic rings. The van der Waals surface area contributed by atoms with Crippen molar-refractivity contribution >= 4 is 17.9 Å². The molecular formula is C13H21N3O4. The van der Waals surface area contributed by atoms with Gasteiger partial charge in [-0.05, 0) is 18.8 Å². The average Bonchev–Trinajstić information content (AvgIpc) is 2.80. The Labute approximate surface area is 117 Å². The van der Waals surface area contributed by atoms with Crippen LogP contribution in [0.2, 0.25) is 0 Å². The molecule has 0 aromatic heterocycles. The molecule has 0 aliphatic carbocycles. The lowest BCUT2D eigenvalue weighted by atomic mass is 9.96. The van der Waals surface area contributed by atoms with E-state index in [2.05, 4.69) is 0 Å². The van der Waals surface area contributed by atoms with Crippen LogP contribution in [-0.4, -0.2) is 59.0 Å². The van der Waals surface area contributed by atoms with Crippen molar-refractivity contribution in [3.8, 4) is 0 Å². The van der Waals surface area contributed by atoms with Crippen molar-refractivity contribution < 1.29 is 19.5 Å². The molecule has 0 bridgehead atoms. The molecule has 2 fully saturated rings. The molecule has 20 heavy (non-hydrogen) atoms. The van der Waals surface area contributed by atoms with Crippen LogP contribution in [0.5, 0.6) is 0 Å². The number of hydrogen-bond acceptors (Lipinski definition) is 3. The number of nitrogens with zero attached hydrogens (tertiary/aromatic N) is 2. The van der Waals surface area contributed by atoms with Gasteiger partial charge in [-0.3, -0.25) is 9.59 Å². The number of carbonyl (C=O) groups is 3. The highest BCUT2D eigenvalue weighted by Gasteiger charge is 2.39. The lowest BCUT2D eigenvalue weighted by Crippen LogP contribution is -2.47. The third kappa shape index (κ3) is 2.86. The molecule has 0 saturated carbocycles. The Morgan fingerprint density at radius 2 is 1.70 bits per heavy atom. The van der Waals surface area contributed by atoms with E-state index in [9.17, 15) is 14.4 Å². The number of amides is 3. The van der Waals surface area contributed by atoms with Crippen molar-refractivity contribution in [3.05, 3.63) is 0 Å². The molecule has 2 saturated heterocycles. The third-order valence-corrected chi connectivity index (χ3v) is 4.37. The number of nitrogens with two attached hydrogens (primary N) is 1. The molecule has 3 N–H and O–H groups in total. The van der Waals surface area contributed by atoms with Gasteiger partial charge in [0.25, 0.3) is 0 Å². The summed E-state index contributed by atoms with van der Waals surface area (Å²) in [6, 6.07) is -0.122. The molecule has 2 atom stereocenters. The maximum absolute atomic E-state index is 12.3. The molecule has 0 unspecified atom stereocenters. The van der Waals surface area contributed by atoms with Crippen LogP contribution in [0.15, 0.2) is 0 Å². The molecule has 7 nitrogen and oxygen atoms in total. The number of urea groups is 1. The van der Waals surface area contributed by atoms with Crippen molar-refractivity contribution in [2.75, 3.05) is 26.2 Å². The fraction of sp³-hybridized carbons (Fsp3) is 0.769. The Kier molecular flexibility index (Phi) is 4.15. The molecule has 2 heterocycles. The van der Waals surface area contributed by atoms with Crippen LogP contribution in [0.1, 0.15) is 19.8 Å². The number of piperidine rings is 1. The van der Waals surface area contributed by atoms with Crippen LogP contribution in [-0.2, 0) is 9.59 Å². The minimum atomic E-state index is -0.847. The first-order valence-corrected chi connectivity index (χ1v) is 6.96. The van der Waals surface area contributed by atoms with Gasteiger partial charge in [-0.1, -0.05) is 6.92 Å². The van der Waals surface area contributed by atoms with Crippen LogP contribution in [0.4, 0.5) is 4.79 Å². The maximum Gasteiger partial charge on any atom is 0.320 e. The van der Waals surface area contributed by atoms with E-state index in [1.165, 1.54) is 0 Å². The summed E-state index contributed by atoms with van der Waals surface area (Å²) in [6.45, 7) is 3.62. The zero-order chi connectivity index (χ0) is 14.9. The summed E-state index contributed by atoms with van der Waals surface area (Å²) in [6.07, 6.45) is 1.18. The standard InChI is InChI=1S/C13H21N3O4/c1-8-6-16(7-10(8)12(18)19)13(20)15-4-2-9(3-5-15)11(14)17/h8-10H,2-7H2,1H3,(H2,14,17)(H,18,19)/t8-,10-/m1/s1. The summed E-state index contributed by atoms with van der Waals surface area (Å²) in [4.78, 5) is 37.8. The van der Waals surface area contributed by atoms with Crippen LogP contribution in [0.25, 0.3) is 0 Å². The number of carbonyl (C=O) groups excluding carboxylic acids is 2. The van der Waals surface area contributed by atoms with Crippen molar-refractivity contribution in [1.29, 1.82) is 0 Å². The highest BCUT2D eigenvalue weighted by Crippen LogP contribution is 2.25. The van der Waals surface area contributed by atoms with E-state index in [4.69, 9.17) is 10.8 Å². The highest BCUT2D eigenvalue weighted by molar-refractivity contribution is 5.79. The van der Waals surface area contributed by atoms with Gasteiger partial charge < -0.3 is 20.6 Å². The van der Waals surface area contributed by atoms with Gasteiger partial charge in [-0.2, -0.15) is 0 Å². The lowest BCUT2D eigenvalue weighted by molar-refractivity contribution is -0.142. The minimum absolute atomic E-state index is 0.0281. The van der Waals surface area contributed by atoms with E-state index in [1.807, 2.05) is 6.92 Å². The quantitative estimate of drug-likeness (QED) is 0.741. The molecule has 3 amide bonds. The van der Waals surface area contributed by atoms with E-state index in [1.54, 1.807) is 9.80 Å². The predicted octanol–water partition coefficient (Wildman–Crippen LogP) is -0.0438. The number of aliphatic carboxylic acids is 1. The second-order valence-corrected chi connectivity index (χ2v) is 5.77. The first-order valence-electron chi connectivity index (χ1n) is 6.96. The first kappa shape index (κ1) is 14.6. The van der Waals surface area contributed by atoms with Crippen molar-refractivity contribution in [2.24, 2.45) is 23.5 Å². The van der Waals surface area contributed by atoms with Gasteiger partial charge >= 0.3 is 12.0 Å². The number of carboxylic acids is 1. The van der Waals surface area contributed by atoms with Crippen LogP contribution in [0.3, 0.4) is 0 Å². The fourth-order valence-electron chi connectivity index (χ4n) is 3.00. The molecule has 2 rings (SSSR count). The number of rotatable bonds is 2. The summed E-state index contributed by atoms with van der Waals surface area (Å²) in [5.41, 5.74) is 5.26. The van der Waals surface area contributed by atoms with Crippen LogP contribution < -0.4 is 5.73 Å². The highest BCUT2D eigenvalue weighted by atomic mass is 16.4. The lowest BCUT2D eigenvalue weighted by Gasteiger charge is -2.33. The van der Waals surface area contributed by atoms with E-state index >= 15 is 0 Å². The molecule has 0 aromatic carbocycles. The second-order valence-electron chi connectivity index (χ2n) is 5.77. The molecule has 2 aliphatic rings. The normalized spacial score (nSPS) is 27.6. The van der Waals surface area contributed by atoms with Crippen molar-refractivity contribution in [1.82, 2.24) is 9.80 Å². The van der Waals surface area contributed by atoms with Gasteiger partial charge in [-0.25, -0.2) is 4.79 Å². The van der Waals surface area contributed by atoms with Gasteiger partial charge in [0.2, 0.25) is 5.91 Å². The zero-order valence-corrected chi connectivity index (χ0v) is 11.6. The maximum atomic E-state index is 12.3. The Hall–Kier alpha value is -1.79. The van der Waals surface area contributed by atoms with Gasteiger partial charge in [0, 0.05) is 32.1 Å². The molecule has 2 aliphatic heterocycles. The fourth-order valence-corrected chi connectivity index (χ4v) is 3.00. The number of hydrogen-bond donors (Lipinski definition) is 2. The molecule has 112 valence electrons. The zero-order valence-electron chi connectivity index (χ0n) is 11.6. The predicted molar refractivity (Wildman–Crippen MR) is 70.8 cm³/mol. The van der Waals surface area contributed by atoms with Gasteiger partial charge in [0.1, 0.15) is 0 Å². The van der Waals surface area contributed by atoms with Gasteiger partial charge in [0.05, 0.1) is 5.92 Å². The Morgan fingerprint density at radius 1 is 1.10 bits per heavy atom. The second kappa shape index (κ2) is 5.68. The Morgan fingerprint density at radius 3 is 2.15 bits per heavy atom. The minimum Gasteiger partial charge on any atom is -0.481 e. The van der Waals surface area contributed by atoms with E-state index in [0.717, 1.165) is 0 Å². The summed E-state index contributed by atoms with van der Waals surface area (Å²) in [7, 11) is 0. The summed E-state index contributed by atoms with van der Waals surface area (Å²) < 4.78 is 0. The summed E-state index contributed by atoms with van der Waals surface area (Å²) in [5.74, 6) is -1.82. The molecule has 7 heteroatoms. The molecule has 0 radical (unpaired) electrons. The average molecular weight is 283 g/mol. The van der Waals surface area contributed by atoms with Gasteiger partial charge in [-0.15, -0.1) is 0 Å².